The highest BCUT2D eigenvalue weighted by molar-refractivity contribution is 7.89. The Morgan fingerprint density at radius 2 is 1.86 bits per heavy atom. The van der Waals surface area contributed by atoms with Crippen LogP contribution in [0.2, 0.25) is 0 Å². The van der Waals surface area contributed by atoms with Gasteiger partial charge in [-0.25, -0.2) is 12.8 Å². The molecular weight excluding hydrogens is 393 g/mol. The van der Waals surface area contributed by atoms with Crippen LogP contribution in [0, 0.1) is 11.7 Å². The lowest BCUT2D eigenvalue weighted by atomic mass is 9.94. The monoisotopic (exact) mass is 425 g/mol. The smallest absolute Gasteiger partial charge is 0.245 e. The van der Waals surface area contributed by atoms with Crippen LogP contribution in [-0.4, -0.2) is 62.8 Å². The lowest BCUT2D eigenvalue weighted by molar-refractivity contribution is -0.121. The number of sulfonamides is 1. The van der Waals surface area contributed by atoms with E-state index in [1.54, 1.807) is 0 Å². The molecule has 0 saturated carbocycles. The number of nitrogens with one attached hydrogen (secondary N) is 1. The first-order valence-corrected chi connectivity index (χ1v) is 12.1. The first kappa shape index (κ1) is 22.2. The van der Waals surface area contributed by atoms with Gasteiger partial charge in [-0.2, -0.15) is 4.31 Å². The van der Waals surface area contributed by atoms with Crippen LogP contribution in [0.4, 0.5) is 4.39 Å². The zero-order chi connectivity index (χ0) is 20.7. The molecule has 2 fully saturated rings. The van der Waals surface area contributed by atoms with E-state index in [4.69, 9.17) is 0 Å². The molecule has 0 bridgehead atoms. The Balaban J connectivity index is 1.43. The van der Waals surface area contributed by atoms with Gasteiger partial charge in [-0.3, -0.25) is 4.79 Å². The lowest BCUT2D eigenvalue weighted by Gasteiger charge is -2.32. The van der Waals surface area contributed by atoms with Gasteiger partial charge in [0.05, 0.1) is 0 Å². The molecule has 0 spiro atoms. The Morgan fingerprint density at radius 3 is 2.62 bits per heavy atom. The normalized spacial score (nSPS) is 21.8. The molecule has 1 atom stereocenters. The number of rotatable bonds is 8. The van der Waals surface area contributed by atoms with Crippen molar-refractivity contribution in [2.24, 2.45) is 5.92 Å². The Morgan fingerprint density at radius 1 is 1.10 bits per heavy atom. The van der Waals surface area contributed by atoms with Crippen molar-refractivity contribution >= 4 is 15.9 Å². The molecule has 162 valence electrons. The molecule has 0 aliphatic carbocycles. The minimum atomic E-state index is -3.84. The van der Waals surface area contributed by atoms with Crippen LogP contribution in [0.15, 0.2) is 29.2 Å². The van der Waals surface area contributed by atoms with Crippen molar-refractivity contribution in [1.29, 1.82) is 0 Å². The third-order valence-electron chi connectivity index (χ3n) is 5.91. The molecule has 1 unspecified atom stereocenters. The Kier molecular flexibility index (Phi) is 8.03. The second-order valence-corrected chi connectivity index (χ2v) is 10.00. The van der Waals surface area contributed by atoms with E-state index in [0.717, 1.165) is 32.5 Å². The summed E-state index contributed by atoms with van der Waals surface area (Å²) < 4.78 is 40.9. The summed E-state index contributed by atoms with van der Waals surface area (Å²) in [7, 11) is -3.84. The van der Waals surface area contributed by atoms with Gasteiger partial charge in [-0.1, -0.05) is 18.6 Å². The zero-order valence-electron chi connectivity index (χ0n) is 17.0. The number of amides is 1. The van der Waals surface area contributed by atoms with Gasteiger partial charge >= 0.3 is 0 Å². The number of carbonyl (C=O) groups excluding carboxylic acids is 1. The van der Waals surface area contributed by atoms with Crippen LogP contribution in [-0.2, 0) is 14.8 Å². The second kappa shape index (κ2) is 10.5. The van der Waals surface area contributed by atoms with E-state index in [1.165, 1.54) is 47.8 Å². The van der Waals surface area contributed by atoms with E-state index in [-0.39, 0.29) is 16.7 Å². The summed E-state index contributed by atoms with van der Waals surface area (Å²) in [5.74, 6) is -0.572. The summed E-state index contributed by atoms with van der Waals surface area (Å²) in [6.07, 6.45) is 6.45. The van der Waals surface area contributed by atoms with Crippen molar-refractivity contribution in [3.05, 3.63) is 30.1 Å². The van der Waals surface area contributed by atoms with Crippen molar-refractivity contribution < 1.29 is 17.6 Å². The third kappa shape index (κ3) is 6.23. The quantitative estimate of drug-likeness (QED) is 0.695. The maximum atomic E-state index is 14.0. The lowest BCUT2D eigenvalue weighted by Crippen LogP contribution is -2.41. The number of piperidine rings is 2. The molecule has 1 aromatic carbocycles. The van der Waals surface area contributed by atoms with Gasteiger partial charge in [-0.05, 0) is 63.2 Å². The van der Waals surface area contributed by atoms with Gasteiger partial charge in [0.25, 0.3) is 0 Å². The first-order valence-electron chi connectivity index (χ1n) is 10.7. The highest BCUT2D eigenvalue weighted by Crippen LogP contribution is 2.27. The summed E-state index contributed by atoms with van der Waals surface area (Å²) in [6.45, 7) is 4.53. The van der Waals surface area contributed by atoms with Crippen LogP contribution in [0.1, 0.15) is 44.9 Å². The number of halogens is 1. The topological polar surface area (TPSA) is 69.7 Å². The van der Waals surface area contributed by atoms with Gasteiger partial charge in [0.15, 0.2) is 0 Å². The van der Waals surface area contributed by atoms with Gasteiger partial charge in [-0.15, -0.1) is 0 Å². The second-order valence-electron chi connectivity index (χ2n) is 8.09. The van der Waals surface area contributed by atoms with Gasteiger partial charge in [0.2, 0.25) is 15.9 Å². The number of hydrogen-bond acceptors (Lipinski definition) is 4. The molecule has 8 heteroatoms. The maximum Gasteiger partial charge on any atom is 0.245 e. The molecule has 0 radical (unpaired) electrons. The molecule has 3 rings (SSSR count). The number of nitrogens with zero attached hydrogens (tertiary/aromatic N) is 2. The summed E-state index contributed by atoms with van der Waals surface area (Å²) >= 11 is 0. The molecule has 2 aliphatic rings. The Hall–Kier alpha value is -1.51. The molecule has 2 saturated heterocycles. The molecule has 2 aliphatic heterocycles. The van der Waals surface area contributed by atoms with Crippen molar-refractivity contribution in [2.45, 2.75) is 49.8 Å². The number of likely N-dealkylation sites (tertiary alicyclic amines) is 1. The van der Waals surface area contributed by atoms with E-state index in [2.05, 4.69) is 10.2 Å². The summed E-state index contributed by atoms with van der Waals surface area (Å²) in [4.78, 5) is 14.3. The largest absolute Gasteiger partial charge is 0.355 e. The molecular formula is C21H32FN3O3S. The van der Waals surface area contributed by atoms with Crippen LogP contribution in [0.25, 0.3) is 0 Å². The van der Waals surface area contributed by atoms with Crippen molar-refractivity contribution in [2.75, 3.05) is 39.3 Å². The fourth-order valence-corrected chi connectivity index (χ4v) is 5.85. The summed E-state index contributed by atoms with van der Waals surface area (Å²) in [6, 6.07) is 5.50. The van der Waals surface area contributed by atoms with Crippen molar-refractivity contribution in [3.63, 3.8) is 0 Å². The van der Waals surface area contributed by atoms with E-state index in [9.17, 15) is 17.6 Å². The highest BCUT2D eigenvalue weighted by Gasteiger charge is 2.32. The SMILES string of the molecule is O=C(CCC1CCCN(S(=O)(=O)c2ccccc2F)C1)NCCN1CCCCC1. The fourth-order valence-electron chi connectivity index (χ4n) is 4.23. The van der Waals surface area contributed by atoms with Crippen molar-refractivity contribution in [3.8, 4) is 0 Å². The predicted molar refractivity (Wildman–Crippen MR) is 110 cm³/mol. The minimum Gasteiger partial charge on any atom is -0.355 e. The maximum absolute atomic E-state index is 14.0. The van der Waals surface area contributed by atoms with E-state index < -0.39 is 15.8 Å². The van der Waals surface area contributed by atoms with Crippen LogP contribution < -0.4 is 5.32 Å². The highest BCUT2D eigenvalue weighted by atomic mass is 32.2. The third-order valence-corrected chi connectivity index (χ3v) is 7.81. The number of hydrogen-bond donors (Lipinski definition) is 1. The van der Waals surface area contributed by atoms with Gasteiger partial charge < -0.3 is 10.2 Å². The molecule has 1 N–H and O–H groups in total. The van der Waals surface area contributed by atoms with Gasteiger partial charge in [0, 0.05) is 32.6 Å². The van der Waals surface area contributed by atoms with Crippen LogP contribution >= 0.6 is 0 Å². The fraction of sp³-hybridized carbons (Fsp3) is 0.667. The van der Waals surface area contributed by atoms with Crippen molar-refractivity contribution in [1.82, 2.24) is 14.5 Å². The van der Waals surface area contributed by atoms with E-state index >= 15 is 0 Å². The van der Waals surface area contributed by atoms with Crippen LogP contribution in [0.5, 0.6) is 0 Å². The molecule has 6 nitrogen and oxygen atoms in total. The number of benzene rings is 1. The molecule has 1 aromatic rings. The molecule has 0 aromatic heterocycles. The Bertz CT molecular complexity index is 781. The summed E-state index contributed by atoms with van der Waals surface area (Å²) in [5, 5.41) is 2.98. The number of carbonyl (C=O) groups is 1. The summed E-state index contributed by atoms with van der Waals surface area (Å²) in [5.41, 5.74) is 0. The van der Waals surface area contributed by atoms with E-state index in [0.29, 0.717) is 32.5 Å². The van der Waals surface area contributed by atoms with Crippen LogP contribution in [0.3, 0.4) is 0 Å². The predicted octanol–water partition coefficient (Wildman–Crippen LogP) is 2.61. The standard InChI is InChI=1S/C21H32FN3O3S/c22-19-8-2-3-9-20(19)29(27,28)25-15-6-7-18(17-25)10-11-21(26)23-12-16-24-13-4-1-5-14-24/h2-3,8-9,18H,1,4-7,10-17H2,(H,23,26). The zero-order valence-corrected chi connectivity index (χ0v) is 17.8. The average Bonchev–Trinajstić information content (AvgIpc) is 2.73. The minimum absolute atomic E-state index is 0.0242. The Labute approximate surface area is 173 Å². The van der Waals surface area contributed by atoms with E-state index in [1.807, 2.05) is 0 Å². The average molecular weight is 426 g/mol. The van der Waals surface area contributed by atoms with Gasteiger partial charge in [0.1, 0.15) is 10.7 Å². The molecule has 29 heavy (non-hydrogen) atoms. The molecule has 2 heterocycles. The molecule has 1 amide bonds. The first-order chi connectivity index (χ1) is 14.0.